The first kappa shape index (κ1) is 15.0. The fraction of sp³-hybridized carbons (Fsp3) is 0.294. The number of hydrogen-bond acceptors (Lipinski definition) is 6. The molecule has 4 heterocycles. The predicted octanol–water partition coefficient (Wildman–Crippen LogP) is 3.56. The van der Waals surface area contributed by atoms with Gasteiger partial charge in [-0.3, -0.25) is 9.78 Å². The number of piperidine rings is 1. The van der Waals surface area contributed by atoms with Crippen molar-refractivity contribution < 1.29 is 9.32 Å². The molecule has 0 aliphatic carbocycles. The van der Waals surface area contributed by atoms with Crippen molar-refractivity contribution in [1.82, 2.24) is 20.0 Å². The first-order valence-electron chi connectivity index (χ1n) is 7.91. The summed E-state index contributed by atoms with van der Waals surface area (Å²) in [6.07, 6.45) is 6.27. The topological polar surface area (TPSA) is 72.1 Å². The van der Waals surface area contributed by atoms with Gasteiger partial charge in [-0.25, -0.2) is 0 Å². The summed E-state index contributed by atoms with van der Waals surface area (Å²) in [7, 11) is 0. The molecule has 3 aromatic rings. The molecule has 0 aromatic carbocycles. The maximum atomic E-state index is 12.8. The molecule has 0 saturated carbocycles. The van der Waals surface area contributed by atoms with Gasteiger partial charge in [0.1, 0.15) is 6.04 Å². The molecule has 0 spiro atoms. The molecule has 3 aromatic heterocycles. The van der Waals surface area contributed by atoms with E-state index in [2.05, 4.69) is 15.1 Å². The average Bonchev–Trinajstić information content (AvgIpc) is 3.34. The number of rotatable bonds is 3. The molecule has 1 aliphatic heterocycles. The Balaban J connectivity index is 1.62. The Hall–Kier alpha value is -2.54. The van der Waals surface area contributed by atoms with Crippen LogP contribution in [0.4, 0.5) is 0 Å². The van der Waals surface area contributed by atoms with Crippen molar-refractivity contribution in [3.8, 4) is 11.4 Å². The fourth-order valence-corrected chi connectivity index (χ4v) is 3.64. The molecular formula is C17H16N4O2S. The highest BCUT2D eigenvalue weighted by molar-refractivity contribution is 7.12. The third-order valence-electron chi connectivity index (χ3n) is 4.16. The average molecular weight is 340 g/mol. The van der Waals surface area contributed by atoms with Crippen LogP contribution in [-0.4, -0.2) is 32.5 Å². The quantitative estimate of drug-likeness (QED) is 0.729. The summed E-state index contributed by atoms with van der Waals surface area (Å²) >= 11 is 1.46. The molecule has 0 unspecified atom stereocenters. The van der Waals surface area contributed by atoms with E-state index in [9.17, 15) is 4.79 Å². The highest BCUT2D eigenvalue weighted by Crippen LogP contribution is 2.32. The van der Waals surface area contributed by atoms with E-state index in [0.717, 1.165) is 29.7 Å². The van der Waals surface area contributed by atoms with Gasteiger partial charge >= 0.3 is 0 Å². The van der Waals surface area contributed by atoms with Gasteiger partial charge in [0.25, 0.3) is 5.91 Å². The normalized spacial score (nSPS) is 17.8. The molecular weight excluding hydrogens is 324 g/mol. The van der Waals surface area contributed by atoms with E-state index >= 15 is 0 Å². The molecule has 1 saturated heterocycles. The lowest BCUT2D eigenvalue weighted by Gasteiger charge is -2.33. The van der Waals surface area contributed by atoms with Crippen molar-refractivity contribution in [3.05, 3.63) is 52.8 Å². The number of aromatic nitrogens is 3. The Bertz CT molecular complexity index is 816. The third-order valence-corrected chi connectivity index (χ3v) is 5.02. The SMILES string of the molecule is O=C(c1cccs1)N1CCCC[C@@H]1c1nc(-c2ccncc2)no1. The zero-order valence-electron chi connectivity index (χ0n) is 13.0. The van der Waals surface area contributed by atoms with Crippen LogP contribution >= 0.6 is 11.3 Å². The van der Waals surface area contributed by atoms with Gasteiger partial charge in [-0.05, 0) is 42.8 Å². The molecule has 0 N–H and O–H groups in total. The van der Waals surface area contributed by atoms with Crippen LogP contribution in [0.25, 0.3) is 11.4 Å². The second-order valence-corrected chi connectivity index (χ2v) is 6.63. The first-order chi connectivity index (χ1) is 11.8. The Kier molecular flexibility index (Phi) is 4.08. The van der Waals surface area contributed by atoms with Crippen LogP contribution in [0.1, 0.15) is 40.9 Å². The lowest BCUT2D eigenvalue weighted by atomic mass is 10.0. The first-order valence-corrected chi connectivity index (χ1v) is 8.79. The largest absolute Gasteiger partial charge is 0.337 e. The minimum absolute atomic E-state index is 0.0401. The Morgan fingerprint density at radius 3 is 2.92 bits per heavy atom. The van der Waals surface area contributed by atoms with Crippen LogP contribution in [0.15, 0.2) is 46.6 Å². The highest BCUT2D eigenvalue weighted by Gasteiger charge is 2.33. The van der Waals surface area contributed by atoms with Gasteiger partial charge in [-0.2, -0.15) is 4.98 Å². The van der Waals surface area contributed by atoms with E-state index in [1.165, 1.54) is 11.3 Å². The number of carbonyl (C=O) groups excluding carboxylic acids is 1. The molecule has 24 heavy (non-hydrogen) atoms. The standard InChI is InChI=1S/C17H16N4O2S/c22-17(14-5-3-11-24-14)21-10-2-1-4-13(21)16-19-15(20-23-16)12-6-8-18-9-7-12/h3,5-9,11,13H,1-2,4,10H2/t13-/m1/s1. The zero-order valence-corrected chi connectivity index (χ0v) is 13.8. The van der Waals surface area contributed by atoms with Crippen LogP contribution in [0.3, 0.4) is 0 Å². The van der Waals surface area contributed by atoms with E-state index in [-0.39, 0.29) is 11.9 Å². The monoisotopic (exact) mass is 340 g/mol. The molecule has 7 heteroatoms. The van der Waals surface area contributed by atoms with Gasteiger partial charge in [-0.1, -0.05) is 11.2 Å². The number of carbonyl (C=O) groups is 1. The number of hydrogen-bond donors (Lipinski definition) is 0. The summed E-state index contributed by atoms with van der Waals surface area (Å²) < 4.78 is 5.48. The van der Waals surface area contributed by atoms with Crippen molar-refractivity contribution in [1.29, 1.82) is 0 Å². The maximum Gasteiger partial charge on any atom is 0.264 e. The Labute approximate surface area is 143 Å². The number of amides is 1. The number of likely N-dealkylation sites (tertiary alicyclic amines) is 1. The third kappa shape index (κ3) is 2.82. The predicted molar refractivity (Wildman–Crippen MR) is 89.5 cm³/mol. The van der Waals surface area contributed by atoms with Crippen LogP contribution < -0.4 is 0 Å². The summed E-state index contributed by atoms with van der Waals surface area (Å²) in [6, 6.07) is 7.27. The molecule has 0 radical (unpaired) electrons. The smallest absolute Gasteiger partial charge is 0.264 e. The van der Waals surface area contributed by atoms with Crippen molar-refractivity contribution in [2.45, 2.75) is 25.3 Å². The second-order valence-electron chi connectivity index (χ2n) is 5.68. The number of pyridine rings is 1. The number of thiophene rings is 1. The summed E-state index contributed by atoms with van der Waals surface area (Å²) in [5.41, 5.74) is 0.854. The Morgan fingerprint density at radius 1 is 1.25 bits per heavy atom. The van der Waals surface area contributed by atoms with Crippen LogP contribution in [-0.2, 0) is 0 Å². The lowest BCUT2D eigenvalue weighted by molar-refractivity contribution is 0.0566. The van der Waals surface area contributed by atoms with Gasteiger partial charge in [0, 0.05) is 24.5 Å². The second kappa shape index (κ2) is 6.52. The summed E-state index contributed by atoms with van der Waals surface area (Å²) in [5.74, 6) is 1.08. The molecule has 1 aliphatic rings. The highest BCUT2D eigenvalue weighted by atomic mass is 32.1. The van der Waals surface area contributed by atoms with E-state index in [1.54, 1.807) is 12.4 Å². The summed E-state index contributed by atoms with van der Waals surface area (Å²) in [4.78, 5) is 23.9. The molecule has 122 valence electrons. The van der Waals surface area contributed by atoms with Crippen molar-refractivity contribution >= 4 is 17.2 Å². The van der Waals surface area contributed by atoms with Gasteiger partial charge in [-0.15, -0.1) is 11.3 Å². The van der Waals surface area contributed by atoms with E-state index in [1.807, 2.05) is 34.5 Å². The van der Waals surface area contributed by atoms with Crippen molar-refractivity contribution in [2.75, 3.05) is 6.54 Å². The molecule has 1 fully saturated rings. The van der Waals surface area contributed by atoms with Crippen LogP contribution in [0.5, 0.6) is 0 Å². The van der Waals surface area contributed by atoms with Gasteiger partial charge in [0.05, 0.1) is 4.88 Å². The summed E-state index contributed by atoms with van der Waals surface area (Å²) in [6.45, 7) is 0.717. The van der Waals surface area contributed by atoms with E-state index in [0.29, 0.717) is 18.3 Å². The number of nitrogens with zero attached hydrogens (tertiary/aromatic N) is 4. The van der Waals surface area contributed by atoms with Gasteiger partial charge < -0.3 is 9.42 Å². The summed E-state index contributed by atoms with van der Waals surface area (Å²) in [5, 5.41) is 5.99. The zero-order chi connectivity index (χ0) is 16.4. The van der Waals surface area contributed by atoms with Gasteiger partial charge in [0.15, 0.2) is 0 Å². The van der Waals surface area contributed by atoms with Crippen LogP contribution in [0, 0.1) is 0 Å². The van der Waals surface area contributed by atoms with Crippen LogP contribution in [0.2, 0.25) is 0 Å². The minimum atomic E-state index is -0.156. The van der Waals surface area contributed by atoms with E-state index < -0.39 is 0 Å². The van der Waals surface area contributed by atoms with Crippen molar-refractivity contribution in [3.63, 3.8) is 0 Å². The molecule has 1 atom stereocenters. The molecule has 1 amide bonds. The molecule has 4 rings (SSSR count). The van der Waals surface area contributed by atoms with Crippen molar-refractivity contribution in [2.24, 2.45) is 0 Å². The maximum absolute atomic E-state index is 12.8. The molecule has 0 bridgehead atoms. The molecule has 6 nitrogen and oxygen atoms in total. The van der Waals surface area contributed by atoms with E-state index in [4.69, 9.17) is 4.52 Å². The van der Waals surface area contributed by atoms with Gasteiger partial charge in [0.2, 0.25) is 11.7 Å². The fourth-order valence-electron chi connectivity index (χ4n) is 2.96. The minimum Gasteiger partial charge on any atom is -0.337 e. The Morgan fingerprint density at radius 2 is 2.12 bits per heavy atom. The lowest BCUT2D eigenvalue weighted by Crippen LogP contribution is -2.38.